The average Bonchev–Trinajstić information content (AvgIpc) is 2.40. The normalized spacial score (nSPS) is 10.5. The lowest BCUT2D eigenvalue weighted by Gasteiger charge is -2.18. The van der Waals surface area contributed by atoms with Gasteiger partial charge in [0.25, 0.3) is 0 Å². The Labute approximate surface area is 114 Å². The molecule has 4 nitrogen and oxygen atoms in total. The monoisotopic (exact) mass is 256 g/mol. The molecule has 1 N–H and O–H groups in total. The molecule has 4 heteroatoms. The van der Waals surface area contributed by atoms with Crippen molar-refractivity contribution in [1.82, 2.24) is 15.3 Å². The van der Waals surface area contributed by atoms with Gasteiger partial charge in [-0.05, 0) is 37.7 Å². The van der Waals surface area contributed by atoms with Gasteiger partial charge >= 0.3 is 0 Å². The molecule has 100 valence electrons. The lowest BCUT2D eigenvalue weighted by Crippen LogP contribution is -2.18. The van der Waals surface area contributed by atoms with Gasteiger partial charge in [-0.2, -0.15) is 0 Å². The molecule has 0 atom stereocenters. The van der Waals surface area contributed by atoms with Crippen LogP contribution in [0.3, 0.4) is 0 Å². The van der Waals surface area contributed by atoms with E-state index in [1.807, 2.05) is 51.5 Å². The molecule has 0 bridgehead atoms. The van der Waals surface area contributed by atoms with Gasteiger partial charge < -0.3 is 10.2 Å². The minimum atomic E-state index is 0.764. The van der Waals surface area contributed by atoms with Crippen molar-refractivity contribution in [2.75, 3.05) is 19.0 Å². The van der Waals surface area contributed by atoms with Gasteiger partial charge in [-0.15, -0.1) is 0 Å². The summed E-state index contributed by atoms with van der Waals surface area (Å²) in [7, 11) is 3.97. The molecular formula is C15H20N4. The van der Waals surface area contributed by atoms with Gasteiger partial charge in [-0.25, -0.2) is 4.98 Å². The SMILES string of the molecule is CNCc1ccc(N(C)Cc2cccc(C)n2)nc1. The van der Waals surface area contributed by atoms with Gasteiger partial charge in [0.2, 0.25) is 0 Å². The molecule has 0 saturated heterocycles. The van der Waals surface area contributed by atoms with Crippen LogP contribution in [-0.2, 0) is 13.1 Å². The summed E-state index contributed by atoms with van der Waals surface area (Å²) in [5.41, 5.74) is 3.29. The molecular weight excluding hydrogens is 236 g/mol. The van der Waals surface area contributed by atoms with Gasteiger partial charge in [0.1, 0.15) is 5.82 Å². The average molecular weight is 256 g/mol. The molecule has 0 spiro atoms. The van der Waals surface area contributed by atoms with E-state index in [0.717, 1.165) is 30.3 Å². The van der Waals surface area contributed by atoms with Crippen molar-refractivity contribution in [2.24, 2.45) is 0 Å². The first kappa shape index (κ1) is 13.5. The molecule has 2 aromatic rings. The smallest absolute Gasteiger partial charge is 0.128 e. The minimum absolute atomic E-state index is 0.764. The van der Waals surface area contributed by atoms with E-state index in [9.17, 15) is 0 Å². The molecule has 0 aliphatic rings. The molecule has 0 aliphatic carbocycles. The van der Waals surface area contributed by atoms with Gasteiger partial charge in [-0.3, -0.25) is 4.98 Å². The number of nitrogens with one attached hydrogen (secondary N) is 1. The zero-order valence-electron chi connectivity index (χ0n) is 11.7. The van der Waals surface area contributed by atoms with Crippen molar-refractivity contribution in [1.29, 1.82) is 0 Å². The number of anilines is 1. The Balaban J connectivity index is 2.05. The molecule has 0 fully saturated rings. The highest BCUT2D eigenvalue weighted by Crippen LogP contribution is 2.12. The molecule has 0 amide bonds. The largest absolute Gasteiger partial charge is 0.354 e. The third kappa shape index (κ3) is 3.76. The fourth-order valence-corrected chi connectivity index (χ4v) is 1.96. The summed E-state index contributed by atoms with van der Waals surface area (Å²) in [6.07, 6.45) is 1.91. The zero-order chi connectivity index (χ0) is 13.7. The first-order valence-electron chi connectivity index (χ1n) is 6.42. The van der Waals surface area contributed by atoms with Crippen molar-refractivity contribution < 1.29 is 0 Å². The lowest BCUT2D eigenvalue weighted by molar-refractivity contribution is 0.808. The van der Waals surface area contributed by atoms with Gasteiger partial charge in [0.15, 0.2) is 0 Å². The van der Waals surface area contributed by atoms with E-state index in [1.54, 1.807) is 0 Å². The van der Waals surface area contributed by atoms with Crippen LogP contribution in [0.5, 0.6) is 0 Å². The van der Waals surface area contributed by atoms with Crippen molar-refractivity contribution >= 4 is 5.82 Å². The van der Waals surface area contributed by atoms with Crippen molar-refractivity contribution in [3.05, 3.63) is 53.5 Å². The molecule has 0 aliphatic heterocycles. The Morgan fingerprint density at radius 1 is 1.21 bits per heavy atom. The first-order valence-corrected chi connectivity index (χ1v) is 6.42. The second kappa shape index (κ2) is 6.29. The second-order valence-electron chi connectivity index (χ2n) is 4.68. The Kier molecular flexibility index (Phi) is 4.47. The van der Waals surface area contributed by atoms with Crippen LogP contribution in [0.2, 0.25) is 0 Å². The molecule has 19 heavy (non-hydrogen) atoms. The van der Waals surface area contributed by atoms with E-state index < -0.39 is 0 Å². The number of hydrogen-bond acceptors (Lipinski definition) is 4. The number of nitrogens with zero attached hydrogens (tertiary/aromatic N) is 3. The maximum atomic E-state index is 4.51. The Morgan fingerprint density at radius 3 is 2.68 bits per heavy atom. The second-order valence-corrected chi connectivity index (χ2v) is 4.68. The fourth-order valence-electron chi connectivity index (χ4n) is 1.96. The summed E-state index contributed by atoms with van der Waals surface area (Å²) in [5.74, 6) is 0.961. The maximum Gasteiger partial charge on any atom is 0.128 e. The van der Waals surface area contributed by atoms with Crippen LogP contribution in [0.15, 0.2) is 36.5 Å². The topological polar surface area (TPSA) is 41.0 Å². The third-order valence-electron chi connectivity index (χ3n) is 2.93. The zero-order valence-corrected chi connectivity index (χ0v) is 11.7. The molecule has 0 saturated carbocycles. The van der Waals surface area contributed by atoms with E-state index >= 15 is 0 Å². The molecule has 0 radical (unpaired) electrons. The van der Waals surface area contributed by atoms with E-state index in [2.05, 4.69) is 26.3 Å². The first-order chi connectivity index (χ1) is 9.19. The van der Waals surface area contributed by atoms with Crippen LogP contribution in [0.1, 0.15) is 17.0 Å². The highest BCUT2D eigenvalue weighted by molar-refractivity contribution is 5.38. The van der Waals surface area contributed by atoms with Crippen molar-refractivity contribution in [3.8, 4) is 0 Å². The van der Waals surface area contributed by atoms with Crippen LogP contribution in [-0.4, -0.2) is 24.1 Å². The third-order valence-corrected chi connectivity index (χ3v) is 2.93. The Morgan fingerprint density at radius 2 is 2.05 bits per heavy atom. The Hall–Kier alpha value is -1.94. The summed E-state index contributed by atoms with van der Waals surface area (Å²) in [4.78, 5) is 11.1. The van der Waals surface area contributed by atoms with E-state index in [0.29, 0.717) is 0 Å². The van der Waals surface area contributed by atoms with Crippen LogP contribution < -0.4 is 10.2 Å². The van der Waals surface area contributed by atoms with Crippen molar-refractivity contribution in [3.63, 3.8) is 0 Å². The predicted molar refractivity (Wildman–Crippen MR) is 78.1 cm³/mol. The number of aryl methyl sites for hydroxylation is 1. The van der Waals surface area contributed by atoms with Crippen LogP contribution in [0.4, 0.5) is 5.82 Å². The predicted octanol–water partition coefficient (Wildman–Crippen LogP) is 2.14. The Bertz CT molecular complexity index is 522. The number of aromatic nitrogens is 2. The molecule has 0 unspecified atom stereocenters. The van der Waals surface area contributed by atoms with E-state index in [4.69, 9.17) is 0 Å². The highest BCUT2D eigenvalue weighted by atomic mass is 15.2. The summed E-state index contributed by atoms with van der Waals surface area (Å²) in [5, 5.41) is 3.12. The van der Waals surface area contributed by atoms with Crippen LogP contribution >= 0.6 is 0 Å². The summed E-state index contributed by atoms with van der Waals surface area (Å²) >= 11 is 0. The van der Waals surface area contributed by atoms with E-state index in [1.165, 1.54) is 5.56 Å². The molecule has 2 aromatic heterocycles. The van der Waals surface area contributed by atoms with Gasteiger partial charge in [-0.1, -0.05) is 12.1 Å². The number of pyridine rings is 2. The number of rotatable bonds is 5. The fraction of sp³-hybridized carbons (Fsp3) is 0.333. The quantitative estimate of drug-likeness (QED) is 0.890. The summed E-state index contributed by atoms with van der Waals surface area (Å²) in [6, 6.07) is 10.2. The molecule has 0 aromatic carbocycles. The summed E-state index contributed by atoms with van der Waals surface area (Å²) in [6.45, 7) is 3.62. The molecule has 2 rings (SSSR count). The van der Waals surface area contributed by atoms with E-state index in [-0.39, 0.29) is 0 Å². The van der Waals surface area contributed by atoms with Gasteiger partial charge in [0.05, 0.1) is 12.2 Å². The highest BCUT2D eigenvalue weighted by Gasteiger charge is 2.04. The van der Waals surface area contributed by atoms with Crippen molar-refractivity contribution in [2.45, 2.75) is 20.0 Å². The lowest BCUT2D eigenvalue weighted by atomic mass is 10.2. The number of hydrogen-bond donors (Lipinski definition) is 1. The standard InChI is InChI=1S/C15H20N4/c1-12-5-4-6-14(18-12)11-19(3)15-8-7-13(9-16-2)10-17-15/h4-8,10,16H,9,11H2,1-3H3. The van der Waals surface area contributed by atoms with Gasteiger partial charge in [0, 0.05) is 25.5 Å². The van der Waals surface area contributed by atoms with Crippen LogP contribution in [0.25, 0.3) is 0 Å². The maximum absolute atomic E-state index is 4.51. The summed E-state index contributed by atoms with van der Waals surface area (Å²) < 4.78 is 0. The molecule has 2 heterocycles. The van der Waals surface area contributed by atoms with Crippen LogP contribution in [0, 0.1) is 6.92 Å². The minimum Gasteiger partial charge on any atom is -0.354 e.